The number of aryl methyl sites for hydroxylation is 1. The summed E-state index contributed by atoms with van der Waals surface area (Å²) in [6, 6.07) is 16.9. The fourth-order valence-corrected chi connectivity index (χ4v) is 2.82. The zero-order valence-electron chi connectivity index (χ0n) is 16.5. The standard InChI is InChI=1S/C23H27NO5/c1-3-19(12-9-17-7-5-4-6-8-17)24-22(25)16-29-20-13-10-18(11-14-20)15-21(28-2)23(26)27/h3-8,10-11,13-14,19,21H,1,9,12,15-16H2,2H3,(H,24,25)(H,26,27)/t19?,21-/m0/s1. The molecule has 2 atom stereocenters. The molecule has 1 amide bonds. The molecule has 0 bridgehead atoms. The Hall–Kier alpha value is -3.12. The van der Waals surface area contributed by atoms with Crippen molar-refractivity contribution >= 4 is 11.9 Å². The minimum Gasteiger partial charge on any atom is -0.484 e. The SMILES string of the molecule is C=CC(CCc1ccccc1)NC(=O)COc1ccc(C[C@H](OC)C(=O)O)cc1. The lowest BCUT2D eigenvalue weighted by Crippen LogP contribution is -2.37. The fourth-order valence-electron chi connectivity index (χ4n) is 2.82. The molecule has 0 spiro atoms. The molecule has 0 fully saturated rings. The molecule has 2 aromatic rings. The molecule has 1 unspecified atom stereocenters. The summed E-state index contributed by atoms with van der Waals surface area (Å²) in [6.07, 6.45) is 2.70. The number of methoxy groups -OCH3 is 1. The van der Waals surface area contributed by atoms with E-state index < -0.39 is 12.1 Å². The van der Waals surface area contributed by atoms with Gasteiger partial charge in [-0.25, -0.2) is 4.79 Å². The zero-order valence-corrected chi connectivity index (χ0v) is 16.5. The van der Waals surface area contributed by atoms with Crippen LogP contribution >= 0.6 is 0 Å². The maximum atomic E-state index is 12.2. The van der Waals surface area contributed by atoms with Gasteiger partial charge in [-0.05, 0) is 36.1 Å². The molecule has 6 heteroatoms. The van der Waals surface area contributed by atoms with Gasteiger partial charge in [-0.15, -0.1) is 6.58 Å². The first-order valence-electron chi connectivity index (χ1n) is 9.45. The zero-order chi connectivity index (χ0) is 21.1. The highest BCUT2D eigenvalue weighted by Crippen LogP contribution is 2.14. The molecule has 0 radical (unpaired) electrons. The van der Waals surface area contributed by atoms with Crippen LogP contribution in [-0.2, 0) is 27.2 Å². The first kappa shape index (κ1) is 22.2. The van der Waals surface area contributed by atoms with Crippen LogP contribution in [0.25, 0.3) is 0 Å². The Kier molecular flexibility index (Phi) is 8.92. The van der Waals surface area contributed by atoms with E-state index in [1.54, 1.807) is 30.3 Å². The number of carboxylic acids is 1. The second kappa shape index (κ2) is 11.7. The van der Waals surface area contributed by atoms with E-state index in [0.29, 0.717) is 5.75 Å². The molecule has 6 nitrogen and oxygen atoms in total. The third-order valence-corrected chi connectivity index (χ3v) is 4.49. The molecule has 2 aromatic carbocycles. The topological polar surface area (TPSA) is 84.9 Å². The number of hydrogen-bond donors (Lipinski definition) is 2. The molecule has 0 heterocycles. The van der Waals surface area contributed by atoms with Gasteiger partial charge in [0.1, 0.15) is 5.75 Å². The van der Waals surface area contributed by atoms with E-state index >= 15 is 0 Å². The van der Waals surface area contributed by atoms with Crippen LogP contribution in [0.5, 0.6) is 5.75 Å². The molecule has 0 aliphatic heterocycles. The maximum Gasteiger partial charge on any atom is 0.333 e. The smallest absolute Gasteiger partial charge is 0.333 e. The van der Waals surface area contributed by atoms with E-state index in [9.17, 15) is 9.59 Å². The van der Waals surface area contributed by atoms with Gasteiger partial charge in [-0.2, -0.15) is 0 Å². The second-order valence-corrected chi connectivity index (χ2v) is 6.63. The predicted molar refractivity (Wildman–Crippen MR) is 111 cm³/mol. The molecule has 2 rings (SSSR count). The number of amides is 1. The monoisotopic (exact) mass is 397 g/mol. The van der Waals surface area contributed by atoms with Crippen LogP contribution in [0.2, 0.25) is 0 Å². The largest absolute Gasteiger partial charge is 0.484 e. The predicted octanol–water partition coefficient (Wildman–Crippen LogP) is 3.01. The highest BCUT2D eigenvalue weighted by atomic mass is 16.5. The lowest BCUT2D eigenvalue weighted by Gasteiger charge is -2.15. The minimum atomic E-state index is -1.01. The van der Waals surface area contributed by atoms with Crippen molar-refractivity contribution in [1.82, 2.24) is 5.32 Å². The van der Waals surface area contributed by atoms with Gasteiger partial charge in [-0.1, -0.05) is 48.5 Å². The molecule has 0 aromatic heterocycles. The number of benzene rings is 2. The average Bonchev–Trinajstić information content (AvgIpc) is 2.74. The quantitative estimate of drug-likeness (QED) is 0.538. The van der Waals surface area contributed by atoms with E-state index in [1.807, 2.05) is 18.2 Å². The van der Waals surface area contributed by atoms with Crippen LogP contribution in [0.3, 0.4) is 0 Å². The van der Waals surface area contributed by atoms with Crippen LogP contribution in [0.1, 0.15) is 17.5 Å². The lowest BCUT2D eigenvalue weighted by atomic mass is 10.1. The third kappa shape index (κ3) is 7.79. The highest BCUT2D eigenvalue weighted by Gasteiger charge is 2.16. The number of hydrogen-bond acceptors (Lipinski definition) is 4. The van der Waals surface area contributed by atoms with Gasteiger partial charge in [0, 0.05) is 19.6 Å². The Balaban J connectivity index is 1.77. The Labute approximate surface area is 171 Å². The molecule has 29 heavy (non-hydrogen) atoms. The van der Waals surface area contributed by atoms with E-state index in [2.05, 4.69) is 24.0 Å². The van der Waals surface area contributed by atoms with Crippen molar-refractivity contribution in [3.05, 3.63) is 78.4 Å². The Morgan fingerprint density at radius 1 is 1.10 bits per heavy atom. The first-order valence-corrected chi connectivity index (χ1v) is 9.45. The number of aliphatic carboxylic acids is 1. The van der Waals surface area contributed by atoms with Crippen molar-refractivity contribution in [2.45, 2.75) is 31.4 Å². The Bertz CT molecular complexity index is 789. The van der Waals surface area contributed by atoms with Crippen LogP contribution in [0.4, 0.5) is 0 Å². The molecule has 0 aliphatic rings. The number of carbonyl (C=O) groups is 2. The maximum absolute atomic E-state index is 12.2. The summed E-state index contributed by atoms with van der Waals surface area (Å²) < 4.78 is 10.4. The van der Waals surface area contributed by atoms with Crippen molar-refractivity contribution in [3.8, 4) is 5.75 Å². The molecule has 0 aliphatic carbocycles. The molecular formula is C23H27NO5. The summed E-state index contributed by atoms with van der Waals surface area (Å²) in [7, 11) is 1.37. The van der Waals surface area contributed by atoms with Gasteiger partial charge in [-0.3, -0.25) is 4.79 Å². The normalized spacial score (nSPS) is 12.6. The Morgan fingerprint density at radius 2 is 1.79 bits per heavy atom. The van der Waals surface area contributed by atoms with E-state index in [1.165, 1.54) is 12.7 Å². The van der Waals surface area contributed by atoms with Crippen molar-refractivity contribution in [2.24, 2.45) is 0 Å². The van der Waals surface area contributed by atoms with Gasteiger partial charge in [0.2, 0.25) is 0 Å². The van der Waals surface area contributed by atoms with E-state index in [-0.39, 0.29) is 25.0 Å². The lowest BCUT2D eigenvalue weighted by molar-refractivity contribution is -0.148. The molecular weight excluding hydrogens is 370 g/mol. The number of rotatable bonds is 12. The second-order valence-electron chi connectivity index (χ2n) is 6.63. The number of carbonyl (C=O) groups excluding carboxylic acids is 1. The summed E-state index contributed by atoms with van der Waals surface area (Å²) >= 11 is 0. The molecule has 0 saturated carbocycles. The van der Waals surface area contributed by atoms with Crippen LogP contribution in [0, 0.1) is 0 Å². The molecule has 154 valence electrons. The Morgan fingerprint density at radius 3 is 2.38 bits per heavy atom. The average molecular weight is 397 g/mol. The number of ether oxygens (including phenoxy) is 2. The van der Waals surface area contributed by atoms with Crippen molar-refractivity contribution in [1.29, 1.82) is 0 Å². The molecule has 0 saturated heterocycles. The van der Waals surface area contributed by atoms with Crippen molar-refractivity contribution in [3.63, 3.8) is 0 Å². The van der Waals surface area contributed by atoms with Crippen molar-refractivity contribution in [2.75, 3.05) is 13.7 Å². The van der Waals surface area contributed by atoms with Gasteiger partial charge >= 0.3 is 5.97 Å². The summed E-state index contributed by atoms with van der Waals surface area (Å²) in [4.78, 5) is 23.2. The van der Waals surface area contributed by atoms with Crippen LogP contribution < -0.4 is 10.1 Å². The van der Waals surface area contributed by atoms with Gasteiger partial charge in [0.25, 0.3) is 5.91 Å². The van der Waals surface area contributed by atoms with E-state index in [0.717, 1.165) is 18.4 Å². The van der Waals surface area contributed by atoms with Gasteiger partial charge in [0.05, 0.1) is 0 Å². The number of carboxylic acid groups (broad SMARTS) is 1. The fraction of sp³-hybridized carbons (Fsp3) is 0.304. The van der Waals surface area contributed by atoms with Gasteiger partial charge < -0.3 is 19.9 Å². The summed E-state index contributed by atoms with van der Waals surface area (Å²) in [5.41, 5.74) is 2.02. The van der Waals surface area contributed by atoms with Gasteiger partial charge in [0.15, 0.2) is 12.7 Å². The number of nitrogens with one attached hydrogen (secondary N) is 1. The molecule has 2 N–H and O–H groups in total. The minimum absolute atomic E-state index is 0.106. The highest BCUT2D eigenvalue weighted by molar-refractivity contribution is 5.78. The van der Waals surface area contributed by atoms with E-state index in [4.69, 9.17) is 14.6 Å². The van der Waals surface area contributed by atoms with Crippen LogP contribution in [-0.4, -0.2) is 42.8 Å². The summed E-state index contributed by atoms with van der Waals surface area (Å²) in [5.74, 6) is -0.696. The first-order chi connectivity index (χ1) is 14.0. The summed E-state index contributed by atoms with van der Waals surface area (Å²) in [6.45, 7) is 3.68. The summed E-state index contributed by atoms with van der Waals surface area (Å²) in [5, 5.41) is 11.9. The van der Waals surface area contributed by atoms with Crippen LogP contribution in [0.15, 0.2) is 67.3 Å². The van der Waals surface area contributed by atoms with Crippen molar-refractivity contribution < 1.29 is 24.2 Å². The third-order valence-electron chi connectivity index (χ3n) is 4.49.